The molecule has 0 aliphatic heterocycles. The molecule has 0 aromatic heterocycles. The van der Waals surface area contributed by atoms with Crippen LogP contribution in [0.25, 0.3) is 0 Å². The summed E-state index contributed by atoms with van der Waals surface area (Å²) in [5, 5.41) is 0. The molecule has 26 valence electrons. The Hall–Kier alpha value is 4.69. The molecule has 0 aliphatic carbocycles. The Labute approximate surface area is 152 Å². The predicted octanol–water partition coefficient (Wildman–Crippen LogP) is -9.08. The van der Waals surface area contributed by atoms with Gasteiger partial charge in [0.25, 0.3) is 0 Å². The molecule has 0 rings (SSSR count). The fourth-order valence-electron chi connectivity index (χ4n) is 0. The Kier molecular flexibility index (Phi) is 155. The van der Waals surface area contributed by atoms with E-state index in [1.807, 2.05) is 0 Å². The second-order valence-corrected chi connectivity index (χ2v) is 0. The maximum absolute atomic E-state index is 0. The Balaban J connectivity index is 0. The number of hydrogen-bond acceptors (Lipinski definition) is 0. The third kappa shape index (κ3) is 17.7. The number of halogens is 2. The van der Waals surface area contributed by atoms with E-state index in [-0.39, 0.29) is 158 Å². The van der Waals surface area contributed by atoms with Gasteiger partial charge in [-0.1, -0.05) is 0 Å². The molecule has 0 aromatic rings. The van der Waals surface area contributed by atoms with Crippen molar-refractivity contribution in [3.05, 3.63) is 0 Å². The molecule has 0 unspecified atom stereocenters. The van der Waals surface area contributed by atoms with Crippen molar-refractivity contribution in [2.45, 2.75) is 0 Å². The minimum absolute atomic E-state index is 0. The van der Waals surface area contributed by atoms with E-state index in [0.29, 0.717) is 0 Å². The summed E-state index contributed by atoms with van der Waals surface area (Å²) < 4.78 is 0. The van der Waals surface area contributed by atoms with Gasteiger partial charge in [0.15, 0.2) is 0 Å². The van der Waals surface area contributed by atoms with Gasteiger partial charge >= 0.3 is 103 Å². The molecule has 5 heavy (non-hydrogen) atoms. The molecule has 0 spiro atoms. The SMILES string of the molecule is I.O.[H-].[I-].[K+].[K+]. The van der Waals surface area contributed by atoms with Crippen LogP contribution in [0, 0.1) is 0 Å². The van der Waals surface area contributed by atoms with Crippen molar-refractivity contribution in [2.75, 3.05) is 0 Å². The third-order valence-electron chi connectivity index (χ3n) is 0. The first-order valence-electron chi connectivity index (χ1n) is 0. The molecule has 0 bridgehead atoms. The molecule has 0 heterocycles. The summed E-state index contributed by atoms with van der Waals surface area (Å²) in [7, 11) is 0. The van der Waals surface area contributed by atoms with E-state index in [2.05, 4.69) is 0 Å². The van der Waals surface area contributed by atoms with Crippen LogP contribution in [0.15, 0.2) is 0 Å². The first-order valence-corrected chi connectivity index (χ1v) is 0. The zero-order chi connectivity index (χ0) is 0. The van der Waals surface area contributed by atoms with Crippen molar-refractivity contribution in [3.63, 3.8) is 0 Å². The normalized spacial score (nSPS) is 0. The van der Waals surface area contributed by atoms with Crippen LogP contribution < -0.4 is 127 Å². The predicted molar refractivity (Wildman–Crippen MR) is 20.1 cm³/mol. The molecule has 1 nitrogen and oxygen atoms in total. The second kappa shape index (κ2) is 23.4. The number of rotatable bonds is 0. The Morgan fingerprint density at radius 2 is 1.00 bits per heavy atom. The van der Waals surface area contributed by atoms with Crippen molar-refractivity contribution < 1.29 is 134 Å². The maximum atomic E-state index is 0. The molecule has 5 heteroatoms. The van der Waals surface area contributed by atoms with Crippen LogP contribution in [0.2, 0.25) is 0 Å². The molecule has 0 saturated carbocycles. The van der Waals surface area contributed by atoms with Crippen LogP contribution in [0.5, 0.6) is 0 Å². The molecule has 0 saturated heterocycles. The van der Waals surface area contributed by atoms with Gasteiger partial charge in [-0.2, -0.15) is 0 Å². The summed E-state index contributed by atoms with van der Waals surface area (Å²) in [5.41, 5.74) is 0. The van der Waals surface area contributed by atoms with E-state index in [4.69, 9.17) is 0 Å². The van der Waals surface area contributed by atoms with Gasteiger partial charge < -0.3 is 30.9 Å². The first-order chi connectivity index (χ1) is 0. The van der Waals surface area contributed by atoms with Crippen LogP contribution in [-0.4, -0.2) is 5.48 Å². The van der Waals surface area contributed by atoms with Gasteiger partial charge in [-0.25, -0.2) is 0 Å². The largest absolute Gasteiger partial charge is 1.00 e. The molecule has 0 radical (unpaired) electrons. The van der Waals surface area contributed by atoms with Crippen LogP contribution >= 0.6 is 24.0 Å². The molecule has 0 atom stereocenters. The standard InChI is InChI=1S/2HI.2K.H2O.H/h2*1H;;;1H2;/q;;2*+1;;-1/p-1. The summed E-state index contributed by atoms with van der Waals surface area (Å²) in [4.78, 5) is 0. The third-order valence-corrected chi connectivity index (χ3v) is 0. The smallest absolute Gasteiger partial charge is 1.00 e. The fourth-order valence-corrected chi connectivity index (χ4v) is 0. The zero-order valence-corrected chi connectivity index (χ0v) is 14.0. The van der Waals surface area contributed by atoms with Crippen LogP contribution in [0.1, 0.15) is 1.43 Å². The van der Waals surface area contributed by atoms with Gasteiger partial charge in [-0.3, -0.25) is 0 Å². The molecule has 2 N–H and O–H groups in total. The monoisotopic (exact) mass is 352 g/mol. The second-order valence-electron chi connectivity index (χ2n) is 0. The van der Waals surface area contributed by atoms with E-state index in [9.17, 15) is 0 Å². The first kappa shape index (κ1) is 33.3. The van der Waals surface area contributed by atoms with Gasteiger partial charge in [0.2, 0.25) is 0 Å². The average Bonchev–Trinajstić information content (AvgIpc) is 0. The molecule has 0 aliphatic rings. The Morgan fingerprint density at radius 1 is 1.00 bits per heavy atom. The summed E-state index contributed by atoms with van der Waals surface area (Å²) in [6, 6.07) is 0. The van der Waals surface area contributed by atoms with Crippen molar-refractivity contribution >= 4 is 24.0 Å². The van der Waals surface area contributed by atoms with Crippen molar-refractivity contribution in [3.8, 4) is 0 Å². The summed E-state index contributed by atoms with van der Waals surface area (Å²) in [5.74, 6) is 0. The van der Waals surface area contributed by atoms with Gasteiger partial charge in [-0.05, 0) is 0 Å². The summed E-state index contributed by atoms with van der Waals surface area (Å²) in [6.07, 6.45) is 0. The Bertz CT molecular complexity index is 11.5. The zero-order valence-electron chi connectivity index (χ0n) is 4.29. The maximum Gasteiger partial charge on any atom is 1.00 e. The van der Waals surface area contributed by atoms with Crippen molar-refractivity contribution in [2.24, 2.45) is 0 Å². The Morgan fingerprint density at radius 3 is 1.00 bits per heavy atom. The van der Waals surface area contributed by atoms with Gasteiger partial charge in [0.1, 0.15) is 0 Å². The summed E-state index contributed by atoms with van der Waals surface area (Å²) >= 11 is 0. The summed E-state index contributed by atoms with van der Waals surface area (Å²) in [6.45, 7) is 0. The van der Waals surface area contributed by atoms with Crippen LogP contribution in [0.3, 0.4) is 0 Å². The van der Waals surface area contributed by atoms with E-state index in [1.165, 1.54) is 0 Å². The number of hydrogen-bond donors (Lipinski definition) is 0. The van der Waals surface area contributed by atoms with Gasteiger partial charge in [0.05, 0.1) is 0 Å². The van der Waals surface area contributed by atoms with E-state index < -0.39 is 0 Å². The van der Waals surface area contributed by atoms with E-state index in [0.717, 1.165) is 0 Å². The molecule has 0 aromatic carbocycles. The molecule has 0 amide bonds. The van der Waals surface area contributed by atoms with E-state index >= 15 is 0 Å². The molecular formula is H4I2K2O. The molecule has 0 fully saturated rings. The van der Waals surface area contributed by atoms with Crippen molar-refractivity contribution in [1.82, 2.24) is 0 Å². The topological polar surface area (TPSA) is 31.5 Å². The fraction of sp³-hybridized carbons (Fsp3) is 0. The van der Waals surface area contributed by atoms with Crippen molar-refractivity contribution in [1.29, 1.82) is 0 Å². The van der Waals surface area contributed by atoms with Gasteiger partial charge in [-0.15, -0.1) is 24.0 Å². The van der Waals surface area contributed by atoms with Crippen LogP contribution in [-0.2, 0) is 0 Å². The van der Waals surface area contributed by atoms with E-state index in [1.54, 1.807) is 0 Å². The minimum atomic E-state index is 0. The van der Waals surface area contributed by atoms with Gasteiger partial charge in [0, 0.05) is 0 Å². The average molecular weight is 352 g/mol. The van der Waals surface area contributed by atoms with Crippen LogP contribution in [0.4, 0.5) is 0 Å². The minimum Gasteiger partial charge on any atom is -1.00 e. The molecular weight excluding hydrogens is 348 g/mol. The quantitative estimate of drug-likeness (QED) is 0.307.